The molecule has 2 aliphatic rings. The molecule has 0 aliphatic carbocycles. The molecule has 0 bridgehead atoms. The van der Waals surface area contributed by atoms with Crippen molar-refractivity contribution in [1.82, 2.24) is 10.3 Å². The van der Waals surface area contributed by atoms with Crippen molar-refractivity contribution in [2.75, 3.05) is 13.2 Å². The highest BCUT2D eigenvalue weighted by Crippen LogP contribution is 2.37. The highest BCUT2D eigenvalue weighted by atomic mass is 16.5. The van der Waals surface area contributed by atoms with E-state index in [1.807, 2.05) is 18.3 Å². The summed E-state index contributed by atoms with van der Waals surface area (Å²) in [5.41, 5.74) is 0.946. The van der Waals surface area contributed by atoms with Gasteiger partial charge in [-0.15, -0.1) is 0 Å². The largest absolute Gasteiger partial charge is 0.472 e. The molecule has 0 unspecified atom stereocenters. The normalized spacial score (nSPS) is 28.9. The van der Waals surface area contributed by atoms with Gasteiger partial charge in [-0.1, -0.05) is 0 Å². The molecule has 23 heavy (non-hydrogen) atoms. The Morgan fingerprint density at radius 1 is 1.35 bits per heavy atom. The predicted octanol–water partition coefficient (Wildman–Crippen LogP) is 2.69. The first-order valence-electron chi connectivity index (χ1n) is 8.47. The molecule has 0 aromatic carbocycles. The SMILES string of the molecule is CC1(C)C[C@H](NCc2ccnc(O[C@@H]3CCOC3)c2)C(C)(C)O1. The Kier molecular flexibility index (Phi) is 4.63. The van der Waals surface area contributed by atoms with E-state index >= 15 is 0 Å². The third-order valence-corrected chi connectivity index (χ3v) is 4.60. The number of hydrogen-bond acceptors (Lipinski definition) is 5. The van der Waals surface area contributed by atoms with Crippen LogP contribution in [0.5, 0.6) is 5.88 Å². The molecular weight excluding hydrogens is 292 g/mol. The van der Waals surface area contributed by atoms with E-state index in [4.69, 9.17) is 14.2 Å². The van der Waals surface area contributed by atoms with E-state index in [1.54, 1.807) is 0 Å². The average molecular weight is 320 g/mol. The Morgan fingerprint density at radius 2 is 2.17 bits per heavy atom. The van der Waals surface area contributed by atoms with Crippen LogP contribution in [0.25, 0.3) is 0 Å². The van der Waals surface area contributed by atoms with E-state index in [0.29, 0.717) is 18.5 Å². The van der Waals surface area contributed by atoms with Crippen LogP contribution in [-0.2, 0) is 16.0 Å². The summed E-state index contributed by atoms with van der Waals surface area (Å²) in [5, 5.41) is 3.63. The molecule has 1 aromatic heterocycles. The molecule has 2 saturated heterocycles. The quantitative estimate of drug-likeness (QED) is 0.904. The summed E-state index contributed by atoms with van der Waals surface area (Å²) in [7, 11) is 0. The number of pyridine rings is 1. The van der Waals surface area contributed by atoms with Gasteiger partial charge in [0, 0.05) is 31.3 Å². The standard InChI is InChI=1S/C18H28N2O3/c1-17(2)10-15(18(3,4)23-17)20-11-13-5-7-19-16(9-13)22-14-6-8-21-12-14/h5,7,9,14-15,20H,6,8,10-12H2,1-4H3/t14-,15+/m1/s1. The Morgan fingerprint density at radius 3 is 2.83 bits per heavy atom. The number of nitrogens with zero attached hydrogens (tertiary/aromatic N) is 1. The van der Waals surface area contributed by atoms with Crippen molar-refractivity contribution in [3.8, 4) is 5.88 Å². The van der Waals surface area contributed by atoms with Gasteiger partial charge in [0.05, 0.1) is 24.4 Å². The van der Waals surface area contributed by atoms with Gasteiger partial charge in [0.15, 0.2) is 0 Å². The van der Waals surface area contributed by atoms with E-state index < -0.39 is 0 Å². The molecule has 5 nitrogen and oxygen atoms in total. The second-order valence-electron chi connectivity index (χ2n) is 7.71. The molecule has 128 valence electrons. The molecule has 0 amide bonds. The monoisotopic (exact) mass is 320 g/mol. The van der Waals surface area contributed by atoms with Gasteiger partial charge in [-0.3, -0.25) is 0 Å². The van der Waals surface area contributed by atoms with Gasteiger partial charge >= 0.3 is 0 Å². The maximum atomic E-state index is 6.14. The zero-order valence-electron chi connectivity index (χ0n) is 14.6. The van der Waals surface area contributed by atoms with Crippen LogP contribution in [-0.4, -0.2) is 41.5 Å². The van der Waals surface area contributed by atoms with Gasteiger partial charge in [0.1, 0.15) is 6.10 Å². The number of ether oxygens (including phenoxy) is 3. The Balaban J connectivity index is 1.58. The molecule has 1 aromatic rings. The molecule has 5 heteroatoms. The van der Waals surface area contributed by atoms with Crippen LogP contribution in [0.2, 0.25) is 0 Å². The summed E-state index contributed by atoms with van der Waals surface area (Å²) >= 11 is 0. The van der Waals surface area contributed by atoms with Gasteiger partial charge in [-0.2, -0.15) is 0 Å². The van der Waals surface area contributed by atoms with Gasteiger partial charge in [0.2, 0.25) is 5.88 Å². The lowest BCUT2D eigenvalue weighted by Crippen LogP contribution is -2.42. The number of nitrogens with one attached hydrogen (secondary N) is 1. The fraction of sp³-hybridized carbons (Fsp3) is 0.722. The first-order chi connectivity index (χ1) is 10.8. The number of hydrogen-bond donors (Lipinski definition) is 1. The lowest BCUT2D eigenvalue weighted by molar-refractivity contribution is -0.0699. The zero-order chi connectivity index (χ0) is 16.5. The van der Waals surface area contributed by atoms with Crippen molar-refractivity contribution in [2.24, 2.45) is 0 Å². The van der Waals surface area contributed by atoms with Crippen molar-refractivity contribution in [1.29, 1.82) is 0 Å². The second-order valence-corrected chi connectivity index (χ2v) is 7.71. The van der Waals surface area contributed by atoms with Crippen molar-refractivity contribution < 1.29 is 14.2 Å². The fourth-order valence-corrected chi connectivity index (χ4v) is 3.52. The predicted molar refractivity (Wildman–Crippen MR) is 88.6 cm³/mol. The van der Waals surface area contributed by atoms with Crippen LogP contribution >= 0.6 is 0 Å². The van der Waals surface area contributed by atoms with E-state index in [-0.39, 0.29) is 17.3 Å². The highest BCUT2D eigenvalue weighted by Gasteiger charge is 2.45. The number of rotatable bonds is 5. The van der Waals surface area contributed by atoms with E-state index in [2.05, 4.69) is 38.0 Å². The summed E-state index contributed by atoms with van der Waals surface area (Å²) in [6.07, 6.45) is 3.89. The lowest BCUT2D eigenvalue weighted by atomic mass is 9.94. The molecule has 2 aliphatic heterocycles. The molecule has 2 fully saturated rings. The molecule has 0 spiro atoms. The molecule has 2 atom stereocenters. The summed E-state index contributed by atoms with van der Waals surface area (Å²) in [4.78, 5) is 4.30. The van der Waals surface area contributed by atoms with Gasteiger partial charge in [-0.25, -0.2) is 4.98 Å². The van der Waals surface area contributed by atoms with E-state index in [0.717, 1.165) is 26.0 Å². The number of aromatic nitrogens is 1. The van der Waals surface area contributed by atoms with Crippen molar-refractivity contribution in [2.45, 2.75) is 70.4 Å². The summed E-state index contributed by atoms with van der Waals surface area (Å²) in [5.74, 6) is 0.682. The minimum atomic E-state index is -0.156. The first kappa shape index (κ1) is 16.7. The van der Waals surface area contributed by atoms with E-state index in [1.165, 1.54) is 5.56 Å². The maximum Gasteiger partial charge on any atom is 0.213 e. The third kappa shape index (κ3) is 4.22. The van der Waals surface area contributed by atoms with Crippen LogP contribution in [0.1, 0.15) is 46.1 Å². The van der Waals surface area contributed by atoms with Crippen LogP contribution in [0.15, 0.2) is 18.3 Å². The van der Waals surface area contributed by atoms with E-state index in [9.17, 15) is 0 Å². The smallest absolute Gasteiger partial charge is 0.213 e. The minimum Gasteiger partial charge on any atom is -0.472 e. The molecule has 3 rings (SSSR count). The van der Waals surface area contributed by atoms with Crippen molar-refractivity contribution in [3.63, 3.8) is 0 Å². The summed E-state index contributed by atoms with van der Waals surface area (Å²) in [6, 6.07) is 4.37. The topological polar surface area (TPSA) is 52.6 Å². The van der Waals surface area contributed by atoms with Gasteiger partial charge in [-0.05, 0) is 45.7 Å². The van der Waals surface area contributed by atoms with Crippen LogP contribution < -0.4 is 10.1 Å². The molecule has 3 heterocycles. The second kappa shape index (κ2) is 6.38. The Bertz CT molecular complexity index is 539. The molecule has 0 radical (unpaired) electrons. The van der Waals surface area contributed by atoms with Gasteiger partial charge < -0.3 is 19.5 Å². The minimum absolute atomic E-state index is 0.0733. The van der Waals surface area contributed by atoms with Gasteiger partial charge in [0.25, 0.3) is 0 Å². The summed E-state index contributed by atoms with van der Waals surface area (Å²) < 4.78 is 17.3. The third-order valence-electron chi connectivity index (χ3n) is 4.60. The van der Waals surface area contributed by atoms with Crippen LogP contribution in [0.3, 0.4) is 0 Å². The highest BCUT2D eigenvalue weighted by molar-refractivity contribution is 5.21. The zero-order valence-corrected chi connectivity index (χ0v) is 14.6. The fourth-order valence-electron chi connectivity index (χ4n) is 3.52. The average Bonchev–Trinajstić information content (AvgIpc) is 3.02. The Hall–Kier alpha value is -1.17. The molecular formula is C18H28N2O3. The maximum absolute atomic E-state index is 6.14. The van der Waals surface area contributed by atoms with Crippen LogP contribution in [0.4, 0.5) is 0 Å². The molecule has 0 saturated carbocycles. The van der Waals surface area contributed by atoms with Crippen LogP contribution in [0, 0.1) is 0 Å². The molecule has 1 N–H and O–H groups in total. The lowest BCUT2D eigenvalue weighted by Gasteiger charge is -2.28. The summed E-state index contributed by atoms with van der Waals surface area (Å²) in [6.45, 7) is 10.8. The Labute approximate surface area is 138 Å². The van der Waals surface area contributed by atoms with Crippen molar-refractivity contribution in [3.05, 3.63) is 23.9 Å². The van der Waals surface area contributed by atoms with Crippen molar-refractivity contribution >= 4 is 0 Å². The first-order valence-corrected chi connectivity index (χ1v) is 8.47.